The van der Waals surface area contributed by atoms with Gasteiger partial charge in [0.05, 0.1) is 0 Å². The molecule has 0 radical (unpaired) electrons. The summed E-state index contributed by atoms with van der Waals surface area (Å²) in [5.74, 6) is 2.65. The van der Waals surface area contributed by atoms with Gasteiger partial charge in [-0.2, -0.15) is 0 Å². The van der Waals surface area contributed by atoms with Crippen LogP contribution in [0.1, 0.15) is 59.3 Å². The van der Waals surface area contributed by atoms with Crippen molar-refractivity contribution in [3.05, 3.63) is 53.3 Å². The first-order chi connectivity index (χ1) is 11.0. The van der Waals surface area contributed by atoms with Crippen molar-refractivity contribution >= 4 is 0 Å². The summed E-state index contributed by atoms with van der Waals surface area (Å²) in [6, 6.07) is 0. The molecule has 0 saturated heterocycles. The molecule has 5 atom stereocenters. The van der Waals surface area contributed by atoms with Crippen LogP contribution in [0.4, 0.5) is 0 Å². The molecule has 0 nitrogen and oxygen atoms in total. The van der Waals surface area contributed by atoms with Gasteiger partial charge in [-0.15, -0.1) is 5.73 Å². The van der Waals surface area contributed by atoms with E-state index < -0.39 is 0 Å². The minimum absolute atomic E-state index is 0.281. The summed E-state index contributed by atoms with van der Waals surface area (Å²) in [5.41, 5.74) is 8.42. The maximum Gasteiger partial charge on any atom is 0.0155 e. The second-order valence-corrected chi connectivity index (χ2v) is 8.64. The summed E-state index contributed by atoms with van der Waals surface area (Å²) in [5, 5.41) is 0. The van der Waals surface area contributed by atoms with Gasteiger partial charge in [-0.05, 0) is 74.7 Å². The van der Waals surface area contributed by atoms with Gasteiger partial charge in [0.2, 0.25) is 0 Å². The summed E-state index contributed by atoms with van der Waals surface area (Å²) in [7, 11) is 0. The topological polar surface area (TPSA) is 0 Å². The Kier molecular flexibility index (Phi) is 3.40. The lowest BCUT2D eigenvalue weighted by atomic mass is 9.48. The van der Waals surface area contributed by atoms with Crippen molar-refractivity contribution in [3.8, 4) is 0 Å². The van der Waals surface area contributed by atoms with Gasteiger partial charge in [-0.25, -0.2) is 0 Å². The zero-order chi connectivity index (χ0) is 16.2. The van der Waals surface area contributed by atoms with E-state index in [9.17, 15) is 0 Å². The molecule has 3 saturated carbocycles. The smallest absolute Gasteiger partial charge is 0.0155 e. The Morgan fingerprint density at radius 1 is 1.17 bits per heavy atom. The fourth-order valence-electron chi connectivity index (χ4n) is 6.65. The zero-order valence-electron chi connectivity index (χ0n) is 15.0. The van der Waals surface area contributed by atoms with Crippen LogP contribution in [0.2, 0.25) is 0 Å². The Labute approximate surface area is 141 Å². The highest BCUT2D eigenvalue weighted by atomic mass is 14.6. The van der Waals surface area contributed by atoms with E-state index >= 15 is 0 Å². The molecular weight excluding hydrogens is 276 g/mol. The van der Waals surface area contributed by atoms with E-state index in [-0.39, 0.29) is 5.41 Å². The standard InChI is InChI=1S/C23H30/c1-5-16-11-13-23(4)18(15-16)7-9-19-20-10-8-17(6-2)22(20,3)14-12-21(19)23/h6,11,13,15,19-21H,1,7-10,12,14H2,2-4H3/b17-6-/t19?,20?,21?,22-,23+/m1/s1. The minimum Gasteiger partial charge on any atom is -0.121 e. The van der Waals surface area contributed by atoms with Gasteiger partial charge in [0.1, 0.15) is 0 Å². The third-order valence-corrected chi connectivity index (χ3v) is 7.99. The number of rotatable bonds is 0. The van der Waals surface area contributed by atoms with Crippen LogP contribution in [0.25, 0.3) is 0 Å². The molecule has 122 valence electrons. The Balaban J connectivity index is 1.71. The van der Waals surface area contributed by atoms with Crippen LogP contribution >= 0.6 is 0 Å². The Bertz CT molecular complexity index is 666. The lowest BCUT2D eigenvalue weighted by molar-refractivity contribution is -0.00214. The molecule has 0 aromatic carbocycles. The van der Waals surface area contributed by atoms with Crippen molar-refractivity contribution in [1.29, 1.82) is 0 Å². The third kappa shape index (κ3) is 1.97. The molecule has 0 aromatic rings. The molecule has 0 heterocycles. The molecule has 0 aromatic heterocycles. The van der Waals surface area contributed by atoms with Crippen molar-refractivity contribution < 1.29 is 0 Å². The lowest BCUT2D eigenvalue weighted by Gasteiger charge is -2.56. The van der Waals surface area contributed by atoms with E-state index in [2.05, 4.69) is 57.4 Å². The van der Waals surface area contributed by atoms with Gasteiger partial charge in [0.25, 0.3) is 0 Å². The zero-order valence-corrected chi connectivity index (χ0v) is 15.0. The highest BCUT2D eigenvalue weighted by molar-refractivity contribution is 5.44. The van der Waals surface area contributed by atoms with Crippen molar-refractivity contribution in [1.82, 2.24) is 0 Å². The summed E-state index contributed by atoms with van der Waals surface area (Å²) >= 11 is 0. The van der Waals surface area contributed by atoms with Crippen LogP contribution in [0, 0.1) is 28.6 Å². The van der Waals surface area contributed by atoms with E-state index in [0.717, 1.165) is 17.8 Å². The molecule has 0 aliphatic heterocycles. The van der Waals surface area contributed by atoms with E-state index in [1.54, 1.807) is 11.1 Å². The molecule has 4 rings (SSSR count). The second-order valence-electron chi connectivity index (χ2n) is 8.64. The second kappa shape index (κ2) is 5.12. The van der Waals surface area contributed by atoms with Crippen LogP contribution < -0.4 is 0 Å². The average molecular weight is 306 g/mol. The lowest BCUT2D eigenvalue weighted by Crippen LogP contribution is -2.48. The predicted molar refractivity (Wildman–Crippen MR) is 98.0 cm³/mol. The monoisotopic (exact) mass is 306 g/mol. The van der Waals surface area contributed by atoms with Gasteiger partial charge < -0.3 is 0 Å². The predicted octanol–water partition coefficient (Wildman–Crippen LogP) is 6.38. The highest BCUT2D eigenvalue weighted by Crippen LogP contribution is 2.65. The van der Waals surface area contributed by atoms with Crippen LogP contribution in [0.5, 0.6) is 0 Å². The van der Waals surface area contributed by atoms with Crippen molar-refractivity contribution in [3.63, 3.8) is 0 Å². The molecule has 0 amide bonds. The van der Waals surface area contributed by atoms with Crippen molar-refractivity contribution in [2.45, 2.75) is 59.3 Å². The maximum atomic E-state index is 3.83. The Morgan fingerprint density at radius 3 is 2.74 bits per heavy atom. The fourth-order valence-corrected chi connectivity index (χ4v) is 6.65. The van der Waals surface area contributed by atoms with Gasteiger partial charge in [0, 0.05) is 11.0 Å². The largest absolute Gasteiger partial charge is 0.121 e. The van der Waals surface area contributed by atoms with E-state index in [0.29, 0.717) is 5.41 Å². The molecule has 3 unspecified atom stereocenters. The van der Waals surface area contributed by atoms with E-state index in [4.69, 9.17) is 0 Å². The maximum absolute atomic E-state index is 3.83. The summed E-state index contributed by atoms with van der Waals surface area (Å²) in [4.78, 5) is 0. The first-order valence-electron chi connectivity index (χ1n) is 9.49. The van der Waals surface area contributed by atoms with Crippen LogP contribution in [0.3, 0.4) is 0 Å². The summed E-state index contributed by atoms with van der Waals surface area (Å²) in [6.07, 6.45) is 17.8. The molecule has 0 bridgehead atoms. The molecule has 0 N–H and O–H groups in total. The molecule has 0 spiro atoms. The van der Waals surface area contributed by atoms with Crippen LogP contribution in [-0.4, -0.2) is 0 Å². The van der Waals surface area contributed by atoms with E-state index in [1.807, 2.05) is 0 Å². The van der Waals surface area contributed by atoms with Crippen LogP contribution in [0.15, 0.2) is 53.3 Å². The number of hydrogen-bond donors (Lipinski definition) is 0. The van der Waals surface area contributed by atoms with Crippen molar-refractivity contribution in [2.75, 3.05) is 0 Å². The van der Waals surface area contributed by atoms with Crippen molar-refractivity contribution in [2.24, 2.45) is 28.6 Å². The first kappa shape index (κ1) is 15.3. The Hall–Kier alpha value is -1.26. The molecule has 4 aliphatic rings. The average Bonchev–Trinajstić information content (AvgIpc) is 2.90. The molecule has 4 aliphatic carbocycles. The Morgan fingerprint density at radius 2 is 2.00 bits per heavy atom. The first-order valence-corrected chi connectivity index (χ1v) is 9.49. The third-order valence-electron chi connectivity index (χ3n) is 7.99. The molecular formula is C23H30. The molecule has 3 fully saturated rings. The number of hydrogen-bond acceptors (Lipinski definition) is 0. The normalized spacial score (nSPS) is 46.7. The molecule has 23 heavy (non-hydrogen) atoms. The minimum atomic E-state index is 0.281. The van der Waals surface area contributed by atoms with Gasteiger partial charge in [-0.1, -0.05) is 49.8 Å². The van der Waals surface area contributed by atoms with Gasteiger partial charge in [0.15, 0.2) is 0 Å². The summed E-state index contributed by atoms with van der Waals surface area (Å²) in [6.45, 7) is 11.2. The van der Waals surface area contributed by atoms with Gasteiger partial charge in [-0.3, -0.25) is 0 Å². The number of allylic oxidation sites excluding steroid dienone is 7. The highest BCUT2D eigenvalue weighted by Gasteiger charge is 2.56. The number of fused-ring (bicyclic) bond motifs is 5. The molecule has 0 heteroatoms. The SMILES string of the molecule is C=C=C1C=C[C@@]2(C)C(=C1)CCC1C2CC[C@]2(C)/C(=C\C)CCC12. The van der Waals surface area contributed by atoms with Gasteiger partial charge >= 0.3 is 0 Å². The van der Waals surface area contributed by atoms with E-state index in [1.165, 1.54) is 44.1 Å². The summed E-state index contributed by atoms with van der Waals surface area (Å²) < 4.78 is 0. The van der Waals surface area contributed by atoms with Crippen LogP contribution in [-0.2, 0) is 0 Å². The fraction of sp³-hybridized carbons (Fsp3) is 0.609. The quantitative estimate of drug-likeness (QED) is 0.359.